The number of carboxylic acids is 4. The van der Waals surface area contributed by atoms with Crippen molar-refractivity contribution in [2.45, 2.75) is 59.0 Å². The number of benzene rings is 3. The first-order valence-corrected chi connectivity index (χ1v) is 17.9. The number of carboxylic acid groups (broad SMARTS) is 4. The van der Waals surface area contributed by atoms with Crippen LogP contribution in [-0.4, -0.2) is 106 Å². The lowest BCUT2D eigenvalue weighted by Gasteiger charge is -2.30. The van der Waals surface area contributed by atoms with Crippen molar-refractivity contribution in [1.29, 1.82) is 0 Å². The average Bonchev–Trinajstić information content (AvgIpc) is 3.76. The van der Waals surface area contributed by atoms with Crippen LogP contribution in [0.15, 0.2) is 72.8 Å². The molecule has 0 saturated carbocycles. The summed E-state index contributed by atoms with van der Waals surface area (Å²) >= 11 is 1.88. The molecule has 0 radical (unpaired) electrons. The van der Waals surface area contributed by atoms with E-state index in [0.717, 1.165) is 37.6 Å². The topological polar surface area (TPSA) is 174 Å². The molecular weight excluding hydrogens is 689 g/mol. The molecule has 13 heteroatoms. The zero-order valence-corrected chi connectivity index (χ0v) is 30.8. The van der Waals surface area contributed by atoms with Crippen molar-refractivity contribution in [1.82, 2.24) is 9.80 Å². The first-order chi connectivity index (χ1) is 24.8. The maximum absolute atomic E-state index is 9.10. The number of ether oxygens (including phenoxy) is 2. The molecule has 4 N–H and O–H groups in total. The Morgan fingerprint density at radius 3 is 1.73 bits per heavy atom. The fourth-order valence-electron chi connectivity index (χ4n) is 5.80. The van der Waals surface area contributed by atoms with E-state index in [1.54, 1.807) is 0 Å². The molecule has 0 unspecified atom stereocenters. The summed E-state index contributed by atoms with van der Waals surface area (Å²) in [5.74, 6) is -5.41. The lowest BCUT2D eigenvalue weighted by molar-refractivity contribution is -0.159. The highest BCUT2D eigenvalue weighted by atomic mass is 32.1. The Bertz CT molecular complexity index is 1690. The normalized spacial score (nSPS) is 12.6. The van der Waals surface area contributed by atoms with Crippen molar-refractivity contribution >= 4 is 45.3 Å². The van der Waals surface area contributed by atoms with E-state index in [9.17, 15) is 0 Å². The number of carbonyl (C=O) groups is 4. The second kappa shape index (κ2) is 20.8. The van der Waals surface area contributed by atoms with E-state index in [-0.39, 0.29) is 0 Å². The molecule has 280 valence electrons. The minimum atomic E-state index is -1.82. The standard InChI is InChI=1S/C35H44N2O2S.2C2H2O4/c1-26(2)37(27(3)4)22-24-39-30-15-11-28(12-16-30)25-33-32-9-5-6-10-34(32)40-35(33)29-13-17-31(18-14-29)38-23-21-36-19-7-8-20-36;2*3-1(4)2(5)6/h5-6,9-18,26-27H,7-8,19-25H2,1-4H3;2*(H,3,4)(H,5,6). The molecule has 52 heavy (non-hydrogen) atoms. The average molecular weight is 737 g/mol. The van der Waals surface area contributed by atoms with E-state index in [1.165, 1.54) is 57.6 Å². The fraction of sp³-hybridized carbons (Fsp3) is 0.385. The van der Waals surface area contributed by atoms with Gasteiger partial charge in [0.2, 0.25) is 0 Å². The van der Waals surface area contributed by atoms with E-state index in [1.807, 2.05) is 11.3 Å². The van der Waals surface area contributed by atoms with Crippen LogP contribution >= 0.6 is 11.3 Å². The number of likely N-dealkylation sites (tertiary alicyclic amines) is 1. The Morgan fingerprint density at radius 2 is 1.21 bits per heavy atom. The highest BCUT2D eigenvalue weighted by molar-refractivity contribution is 7.22. The van der Waals surface area contributed by atoms with Crippen LogP contribution in [0.5, 0.6) is 11.5 Å². The molecular formula is C39H48N2O10S. The van der Waals surface area contributed by atoms with E-state index in [4.69, 9.17) is 49.1 Å². The van der Waals surface area contributed by atoms with Gasteiger partial charge >= 0.3 is 23.9 Å². The van der Waals surface area contributed by atoms with Crippen molar-refractivity contribution in [2.24, 2.45) is 0 Å². The summed E-state index contributed by atoms with van der Waals surface area (Å²) in [5, 5.41) is 30.9. The summed E-state index contributed by atoms with van der Waals surface area (Å²) in [6.07, 6.45) is 3.53. The minimum Gasteiger partial charge on any atom is -0.492 e. The number of aliphatic carboxylic acids is 4. The van der Waals surface area contributed by atoms with Crippen molar-refractivity contribution in [3.8, 4) is 21.9 Å². The van der Waals surface area contributed by atoms with Gasteiger partial charge in [-0.05, 0) is 125 Å². The lowest BCUT2D eigenvalue weighted by Crippen LogP contribution is -2.39. The van der Waals surface area contributed by atoms with Gasteiger partial charge in [-0.1, -0.05) is 30.3 Å². The molecule has 1 aromatic heterocycles. The Labute approximate surface area is 307 Å². The molecule has 2 heterocycles. The van der Waals surface area contributed by atoms with Gasteiger partial charge in [0.25, 0.3) is 0 Å². The van der Waals surface area contributed by atoms with Crippen LogP contribution in [0.1, 0.15) is 51.7 Å². The maximum atomic E-state index is 9.10. The number of fused-ring (bicyclic) bond motifs is 1. The smallest absolute Gasteiger partial charge is 0.414 e. The van der Waals surface area contributed by atoms with Gasteiger partial charge < -0.3 is 29.9 Å². The number of hydrogen-bond donors (Lipinski definition) is 4. The summed E-state index contributed by atoms with van der Waals surface area (Å²) in [7, 11) is 0. The van der Waals surface area contributed by atoms with Crippen LogP contribution in [0.4, 0.5) is 0 Å². The van der Waals surface area contributed by atoms with Gasteiger partial charge in [-0.3, -0.25) is 9.80 Å². The summed E-state index contributed by atoms with van der Waals surface area (Å²) in [6.45, 7) is 14.8. The fourth-order valence-corrected chi connectivity index (χ4v) is 7.03. The van der Waals surface area contributed by atoms with Gasteiger partial charge in [-0.2, -0.15) is 0 Å². The number of hydrogen-bond acceptors (Lipinski definition) is 9. The number of thiophene rings is 1. The third kappa shape index (κ3) is 13.3. The summed E-state index contributed by atoms with van der Waals surface area (Å²) in [5.41, 5.74) is 3.94. The molecule has 0 bridgehead atoms. The van der Waals surface area contributed by atoms with E-state index >= 15 is 0 Å². The molecule has 12 nitrogen and oxygen atoms in total. The van der Waals surface area contributed by atoms with E-state index < -0.39 is 23.9 Å². The van der Waals surface area contributed by atoms with Crippen LogP contribution in [-0.2, 0) is 25.6 Å². The molecule has 0 atom stereocenters. The zero-order chi connectivity index (χ0) is 38.2. The maximum Gasteiger partial charge on any atom is 0.414 e. The lowest BCUT2D eigenvalue weighted by atomic mass is 9.99. The summed E-state index contributed by atoms with van der Waals surface area (Å²) in [4.78, 5) is 42.7. The first kappa shape index (κ1) is 41.4. The van der Waals surface area contributed by atoms with Crippen molar-refractivity contribution in [3.05, 3.63) is 83.9 Å². The molecule has 5 rings (SSSR count). The Morgan fingerprint density at radius 1 is 0.712 bits per heavy atom. The minimum absolute atomic E-state index is 0.518. The molecule has 0 amide bonds. The third-order valence-corrected chi connectivity index (χ3v) is 9.57. The molecule has 0 spiro atoms. The van der Waals surface area contributed by atoms with Gasteiger partial charge in [-0.15, -0.1) is 11.3 Å². The molecule has 0 aliphatic carbocycles. The van der Waals surface area contributed by atoms with Crippen molar-refractivity contribution in [2.75, 3.05) is 39.4 Å². The molecule has 4 aromatic rings. The van der Waals surface area contributed by atoms with Gasteiger partial charge in [0.05, 0.1) is 0 Å². The summed E-state index contributed by atoms with van der Waals surface area (Å²) in [6, 6.07) is 27.2. The highest BCUT2D eigenvalue weighted by Crippen LogP contribution is 2.40. The van der Waals surface area contributed by atoms with Crippen molar-refractivity contribution in [3.63, 3.8) is 0 Å². The first-order valence-electron chi connectivity index (χ1n) is 17.1. The largest absolute Gasteiger partial charge is 0.492 e. The van der Waals surface area contributed by atoms with E-state index in [2.05, 4.69) is 110 Å². The van der Waals surface area contributed by atoms with Crippen LogP contribution < -0.4 is 9.47 Å². The molecule has 1 aliphatic rings. The Kier molecular flexibility index (Phi) is 16.5. The monoisotopic (exact) mass is 736 g/mol. The predicted octanol–water partition coefficient (Wildman–Crippen LogP) is 6.44. The zero-order valence-electron chi connectivity index (χ0n) is 30.0. The molecule has 1 saturated heterocycles. The van der Waals surface area contributed by atoms with Gasteiger partial charge in [0.15, 0.2) is 0 Å². The second-order valence-corrected chi connectivity index (χ2v) is 13.7. The van der Waals surface area contributed by atoms with Gasteiger partial charge in [-0.25, -0.2) is 19.2 Å². The Hall–Kier alpha value is -4.98. The van der Waals surface area contributed by atoms with E-state index in [0.29, 0.717) is 18.7 Å². The number of rotatable bonds is 13. The molecule has 1 fully saturated rings. The molecule has 1 aliphatic heterocycles. The SMILES string of the molecule is CC(C)N(CCOc1ccc(Cc2c(-c3ccc(OCCN4CCCC4)cc3)sc3ccccc23)cc1)C(C)C.O=C(O)C(=O)O.O=C(O)C(=O)O. The highest BCUT2D eigenvalue weighted by Gasteiger charge is 2.16. The quantitative estimate of drug-likeness (QED) is 0.111. The van der Waals surface area contributed by atoms with Gasteiger partial charge in [0.1, 0.15) is 24.7 Å². The molecule has 3 aromatic carbocycles. The third-order valence-electron chi connectivity index (χ3n) is 8.30. The van der Waals surface area contributed by atoms with Crippen molar-refractivity contribution < 1.29 is 49.1 Å². The van der Waals surface area contributed by atoms with Gasteiger partial charge in [0, 0.05) is 34.8 Å². The van der Waals surface area contributed by atoms with Crippen LogP contribution in [0.25, 0.3) is 20.5 Å². The predicted molar refractivity (Wildman–Crippen MR) is 201 cm³/mol. The summed E-state index contributed by atoms with van der Waals surface area (Å²) < 4.78 is 13.5. The number of nitrogens with zero attached hydrogens (tertiary/aromatic N) is 2. The van der Waals surface area contributed by atoms with Crippen LogP contribution in [0.2, 0.25) is 0 Å². The second-order valence-electron chi connectivity index (χ2n) is 12.6. The van der Waals surface area contributed by atoms with Crippen LogP contribution in [0, 0.1) is 0 Å². The van der Waals surface area contributed by atoms with Crippen LogP contribution in [0.3, 0.4) is 0 Å². The Balaban J connectivity index is 0.000000524.